The maximum atomic E-state index is 9.84. The van der Waals surface area contributed by atoms with Crippen molar-refractivity contribution in [3.05, 3.63) is 38.0 Å². The van der Waals surface area contributed by atoms with E-state index in [1.165, 1.54) is 14.2 Å². The first-order chi connectivity index (χ1) is 7.89. The zero-order valence-electron chi connectivity index (χ0n) is 9.84. The third-order valence-electron chi connectivity index (χ3n) is 0.910. The van der Waals surface area contributed by atoms with Crippen LogP contribution in [0.15, 0.2) is 38.0 Å². The van der Waals surface area contributed by atoms with Gasteiger partial charge >= 0.3 is 17.9 Å². The Bertz CT molecular complexity index is 260. The lowest BCUT2D eigenvalue weighted by Gasteiger charge is -1.83. The first kappa shape index (κ1) is 20.1. The Balaban J connectivity index is -0.000000174. The van der Waals surface area contributed by atoms with Gasteiger partial charge < -0.3 is 14.6 Å². The number of carboxylic acid groups (broad SMARTS) is 1. The summed E-state index contributed by atoms with van der Waals surface area (Å²) < 4.78 is 8.28. The molecule has 0 heterocycles. The van der Waals surface area contributed by atoms with Crippen LogP contribution >= 0.6 is 0 Å². The van der Waals surface area contributed by atoms with Crippen LogP contribution in [0.2, 0.25) is 0 Å². The van der Waals surface area contributed by atoms with Gasteiger partial charge in [-0.25, -0.2) is 14.4 Å². The molecule has 0 amide bonds. The molecule has 0 saturated heterocycles. The molecule has 0 rings (SSSR count). The number of methoxy groups -OCH3 is 2. The van der Waals surface area contributed by atoms with Crippen molar-refractivity contribution in [1.29, 1.82) is 0 Å². The zero-order valence-corrected chi connectivity index (χ0v) is 9.84. The second-order valence-corrected chi connectivity index (χ2v) is 2.00. The van der Waals surface area contributed by atoms with Crippen molar-refractivity contribution in [2.75, 3.05) is 14.2 Å². The van der Waals surface area contributed by atoms with Gasteiger partial charge in [0, 0.05) is 18.2 Å². The lowest BCUT2D eigenvalue weighted by Crippen LogP contribution is -1.91. The largest absolute Gasteiger partial charge is 0.478 e. The maximum absolute atomic E-state index is 9.84. The number of aliphatic carboxylic acids is 1. The Morgan fingerprint density at radius 1 is 0.882 bits per heavy atom. The molecule has 0 aliphatic carbocycles. The van der Waals surface area contributed by atoms with Gasteiger partial charge in [0.15, 0.2) is 0 Å². The van der Waals surface area contributed by atoms with Crippen LogP contribution in [-0.2, 0) is 23.9 Å². The average Bonchev–Trinajstić information content (AvgIpc) is 2.37. The van der Waals surface area contributed by atoms with E-state index in [0.717, 1.165) is 18.2 Å². The molecule has 0 unspecified atom stereocenters. The Morgan fingerprint density at radius 2 is 1.12 bits per heavy atom. The van der Waals surface area contributed by atoms with Gasteiger partial charge in [0.1, 0.15) is 0 Å². The summed E-state index contributed by atoms with van der Waals surface area (Å²) in [6, 6.07) is 0. The minimum atomic E-state index is -0.981. The lowest BCUT2D eigenvalue weighted by molar-refractivity contribution is -0.135. The second-order valence-electron chi connectivity index (χ2n) is 2.00. The molecule has 6 heteroatoms. The molecule has 0 spiro atoms. The van der Waals surface area contributed by atoms with Crippen LogP contribution in [0.5, 0.6) is 0 Å². The molecule has 0 aromatic rings. The number of hydrogen-bond acceptors (Lipinski definition) is 5. The molecule has 0 saturated carbocycles. The fourth-order valence-corrected chi connectivity index (χ4v) is 0.167. The highest BCUT2D eigenvalue weighted by Gasteiger charge is 1.82. The van der Waals surface area contributed by atoms with Crippen LogP contribution in [-0.4, -0.2) is 37.2 Å². The van der Waals surface area contributed by atoms with Gasteiger partial charge in [0.05, 0.1) is 14.2 Å². The number of carbonyl (C=O) groups excluding carboxylic acids is 2. The Morgan fingerprint density at radius 3 is 1.12 bits per heavy atom. The number of hydrogen-bond donors (Lipinski definition) is 1. The molecule has 0 aliphatic rings. The Labute approximate surface area is 99.8 Å². The van der Waals surface area contributed by atoms with Crippen molar-refractivity contribution in [3.63, 3.8) is 0 Å². The van der Waals surface area contributed by atoms with E-state index in [9.17, 15) is 14.4 Å². The molecule has 0 aromatic carbocycles. The Kier molecular flexibility index (Phi) is 19.0. The summed E-state index contributed by atoms with van der Waals surface area (Å²) >= 11 is 0. The lowest BCUT2D eigenvalue weighted by atomic mass is 10.7. The van der Waals surface area contributed by atoms with Gasteiger partial charge in [0.2, 0.25) is 0 Å². The van der Waals surface area contributed by atoms with E-state index in [1.54, 1.807) is 0 Å². The zero-order chi connectivity index (χ0) is 14.3. The molecule has 17 heavy (non-hydrogen) atoms. The van der Waals surface area contributed by atoms with Crippen molar-refractivity contribution in [2.45, 2.75) is 0 Å². The van der Waals surface area contributed by atoms with Crippen molar-refractivity contribution in [3.8, 4) is 0 Å². The highest BCUT2D eigenvalue weighted by Crippen LogP contribution is 1.68. The molecule has 0 fully saturated rings. The first-order valence-corrected chi connectivity index (χ1v) is 4.15. The second kappa shape index (κ2) is 16.1. The van der Waals surface area contributed by atoms with Crippen molar-refractivity contribution < 1.29 is 29.0 Å². The van der Waals surface area contributed by atoms with Gasteiger partial charge in [-0.2, -0.15) is 0 Å². The van der Waals surface area contributed by atoms with Crippen LogP contribution in [0, 0.1) is 0 Å². The third-order valence-corrected chi connectivity index (χ3v) is 0.910. The molecule has 0 aromatic heterocycles. The number of esters is 2. The summed E-state index contributed by atoms with van der Waals surface area (Å²) in [7, 11) is 2.62. The number of carbonyl (C=O) groups is 3. The predicted molar refractivity (Wildman–Crippen MR) is 62.3 cm³/mol. The minimum absolute atomic E-state index is 0.394. The topological polar surface area (TPSA) is 89.9 Å². The molecular weight excluding hydrogens is 228 g/mol. The molecule has 96 valence electrons. The van der Waals surface area contributed by atoms with Crippen LogP contribution in [0.3, 0.4) is 0 Å². The van der Waals surface area contributed by atoms with Crippen LogP contribution in [0.25, 0.3) is 0 Å². The van der Waals surface area contributed by atoms with Crippen molar-refractivity contribution >= 4 is 17.9 Å². The molecule has 0 bridgehead atoms. The molecule has 0 aliphatic heterocycles. The molecular formula is C11H16O6. The van der Waals surface area contributed by atoms with E-state index in [0.29, 0.717) is 0 Å². The number of ether oxygens (including phenoxy) is 2. The van der Waals surface area contributed by atoms with E-state index in [1.807, 2.05) is 0 Å². The summed E-state index contributed by atoms with van der Waals surface area (Å²) in [6.45, 7) is 9.27. The minimum Gasteiger partial charge on any atom is -0.478 e. The van der Waals surface area contributed by atoms with Crippen LogP contribution < -0.4 is 0 Å². The monoisotopic (exact) mass is 244 g/mol. The smallest absolute Gasteiger partial charge is 0.329 e. The van der Waals surface area contributed by atoms with E-state index in [4.69, 9.17) is 5.11 Å². The van der Waals surface area contributed by atoms with E-state index in [2.05, 4.69) is 29.2 Å². The molecule has 0 atom stereocenters. The fraction of sp³-hybridized carbons (Fsp3) is 0.182. The molecule has 6 nitrogen and oxygen atoms in total. The van der Waals surface area contributed by atoms with Crippen LogP contribution in [0.1, 0.15) is 0 Å². The summed E-state index contributed by atoms with van der Waals surface area (Å²) in [6.07, 6.45) is 3.06. The highest BCUT2D eigenvalue weighted by atomic mass is 16.5. The molecule has 0 radical (unpaired) electrons. The van der Waals surface area contributed by atoms with Crippen LogP contribution in [0.4, 0.5) is 0 Å². The summed E-state index contributed by atoms with van der Waals surface area (Å²) in [4.78, 5) is 28.9. The summed E-state index contributed by atoms with van der Waals surface area (Å²) in [5.41, 5.74) is 0. The quantitative estimate of drug-likeness (QED) is 0.587. The third kappa shape index (κ3) is 31.7. The normalized spacial score (nSPS) is 6.71. The van der Waals surface area contributed by atoms with Gasteiger partial charge in [-0.3, -0.25) is 0 Å². The van der Waals surface area contributed by atoms with Crippen molar-refractivity contribution in [2.24, 2.45) is 0 Å². The summed E-state index contributed by atoms with van der Waals surface area (Å²) in [5, 5.41) is 7.60. The maximum Gasteiger partial charge on any atom is 0.329 e. The van der Waals surface area contributed by atoms with E-state index >= 15 is 0 Å². The van der Waals surface area contributed by atoms with E-state index in [-0.39, 0.29) is 0 Å². The fourth-order valence-electron chi connectivity index (χ4n) is 0.167. The number of carboxylic acids is 1. The molecule has 1 N–H and O–H groups in total. The highest BCUT2D eigenvalue weighted by molar-refractivity contribution is 5.81. The van der Waals surface area contributed by atoms with Crippen molar-refractivity contribution in [1.82, 2.24) is 0 Å². The first-order valence-electron chi connectivity index (χ1n) is 4.15. The summed E-state index contributed by atoms with van der Waals surface area (Å²) in [5.74, 6) is -1.77. The SMILES string of the molecule is C=CC(=O)O.C=CC(=O)OC.C=CC(=O)OC. The van der Waals surface area contributed by atoms with Gasteiger partial charge in [0.25, 0.3) is 0 Å². The van der Waals surface area contributed by atoms with E-state index < -0.39 is 17.9 Å². The standard InChI is InChI=1S/2C4H6O2.C3H4O2/c2*1-3-4(5)6-2;1-2-3(4)5/h2*3H,1H2,2H3;2H,1H2,(H,4,5). The van der Waals surface area contributed by atoms with Gasteiger partial charge in [-0.1, -0.05) is 19.7 Å². The van der Waals surface area contributed by atoms with Gasteiger partial charge in [-0.05, 0) is 0 Å². The predicted octanol–water partition coefficient (Wildman–Crippen LogP) is 0.948. The average molecular weight is 244 g/mol. The van der Waals surface area contributed by atoms with Gasteiger partial charge in [-0.15, -0.1) is 0 Å². The Hall–Kier alpha value is -2.37. The number of rotatable bonds is 3.